The van der Waals surface area contributed by atoms with Gasteiger partial charge in [0.15, 0.2) is 5.69 Å². The zero-order valence-corrected chi connectivity index (χ0v) is 12.9. The lowest BCUT2D eigenvalue weighted by molar-refractivity contribution is 0.0519. The molecule has 0 aliphatic heterocycles. The molecule has 0 spiro atoms. The average Bonchev–Trinajstić information content (AvgIpc) is 2.75. The third kappa shape index (κ3) is 3.24. The van der Waals surface area contributed by atoms with Crippen molar-refractivity contribution in [2.24, 2.45) is 0 Å². The molecule has 2 rings (SSSR count). The number of nitrogens with two attached hydrogens (primary N) is 1. The quantitative estimate of drug-likeness (QED) is 0.878. The molecule has 1 aromatic carbocycles. The van der Waals surface area contributed by atoms with Gasteiger partial charge in [0.25, 0.3) is 0 Å². The summed E-state index contributed by atoms with van der Waals surface area (Å²) in [6.07, 6.45) is 1.67. The molecule has 0 aliphatic carbocycles. The number of anilines is 1. The molecule has 0 bridgehead atoms. The van der Waals surface area contributed by atoms with Crippen LogP contribution >= 0.6 is 0 Å². The van der Waals surface area contributed by atoms with Gasteiger partial charge in [0.2, 0.25) is 0 Å². The smallest absolute Gasteiger partial charge is 0.361 e. The molecule has 0 radical (unpaired) electrons. The first-order chi connectivity index (χ1) is 9.92. The highest BCUT2D eigenvalue weighted by molar-refractivity contribution is 5.92. The molecule has 5 heteroatoms. The van der Waals surface area contributed by atoms with E-state index in [-0.39, 0.29) is 5.69 Å². The highest BCUT2D eigenvalue weighted by Gasteiger charge is 2.16. The number of rotatable bonds is 4. The second-order valence-corrected chi connectivity index (χ2v) is 5.23. The van der Waals surface area contributed by atoms with Gasteiger partial charge < -0.3 is 10.5 Å². The molecular weight excluding hydrogens is 266 g/mol. The van der Waals surface area contributed by atoms with Crippen LogP contribution in [0.25, 0.3) is 0 Å². The molecule has 0 unspecified atom stereocenters. The minimum absolute atomic E-state index is 0.180. The normalized spacial score (nSPS) is 10.7. The standard InChI is InChI=1S/C16H21N3O2/c1-5-21-16(20)15-14(17)9-19(18-15)8-13-11(3)6-10(2)7-12(13)4/h6-7,9H,5,8,17H2,1-4H3. The first-order valence-corrected chi connectivity index (χ1v) is 6.99. The highest BCUT2D eigenvalue weighted by atomic mass is 16.5. The fraction of sp³-hybridized carbons (Fsp3) is 0.375. The minimum Gasteiger partial charge on any atom is -0.461 e. The van der Waals surface area contributed by atoms with Crippen molar-refractivity contribution in [3.63, 3.8) is 0 Å². The Morgan fingerprint density at radius 1 is 1.29 bits per heavy atom. The van der Waals surface area contributed by atoms with Crippen LogP contribution in [-0.2, 0) is 11.3 Å². The van der Waals surface area contributed by atoms with E-state index in [0.29, 0.717) is 18.8 Å². The molecule has 2 aromatic rings. The fourth-order valence-corrected chi connectivity index (χ4v) is 2.50. The van der Waals surface area contributed by atoms with Crippen LogP contribution in [0.1, 0.15) is 39.7 Å². The molecule has 112 valence electrons. The van der Waals surface area contributed by atoms with Gasteiger partial charge in [0, 0.05) is 6.20 Å². The minimum atomic E-state index is -0.480. The largest absolute Gasteiger partial charge is 0.461 e. The van der Waals surface area contributed by atoms with Crippen molar-refractivity contribution in [2.45, 2.75) is 34.2 Å². The number of nitrogen functional groups attached to an aromatic ring is 1. The lowest BCUT2D eigenvalue weighted by atomic mass is 10.00. The van der Waals surface area contributed by atoms with Gasteiger partial charge in [-0.05, 0) is 44.4 Å². The second kappa shape index (κ2) is 5.99. The first-order valence-electron chi connectivity index (χ1n) is 6.99. The van der Waals surface area contributed by atoms with Crippen LogP contribution in [0.15, 0.2) is 18.3 Å². The predicted molar refractivity (Wildman–Crippen MR) is 82.4 cm³/mol. The number of benzene rings is 1. The third-order valence-electron chi connectivity index (χ3n) is 3.42. The summed E-state index contributed by atoms with van der Waals surface area (Å²) in [5.74, 6) is -0.480. The molecule has 21 heavy (non-hydrogen) atoms. The van der Waals surface area contributed by atoms with Crippen molar-refractivity contribution in [3.8, 4) is 0 Å². The number of hydrogen-bond acceptors (Lipinski definition) is 4. The van der Waals surface area contributed by atoms with E-state index < -0.39 is 5.97 Å². The van der Waals surface area contributed by atoms with Gasteiger partial charge in [-0.1, -0.05) is 17.7 Å². The molecule has 0 saturated carbocycles. The lowest BCUT2D eigenvalue weighted by Gasteiger charge is -2.11. The van der Waals surface area contributed by atoms with Crippen LogP contribution < -0.4 is 5.73 Å². The maximum absolute atomic E-state index is 11.7. The Balaban J connectivity index is 2.29. The Kier molecular flexibility index (Phi) is 4.31. The third-order valence-corrected chi connectivity index (χ3v) is 3.42. The Hall–Kier alpha value is -2.30. The van der Waals surface area contributed by atoms with Crippen molar-refractivity contribution in [2.75, 3.05) is 12.3 Å². The Bertz CT molecular complexity index is 651. The van der Waals surface area contributed by atoms with Crippen molar-refractivity contribution in [3.05, 3.63) is 46.3 Å². The van der Waals surface area contributed by atoms with Crippen LogP contribution in [0.2, 0.25) is 0 Å². The molecule has 0 fully saturated rings. The summed E-state index contributed by atoms with van der Waals surface area (Å²) in [6.45, 7) is 8.88. The Morgan fingerprint density at radius 2 is 1.90 bits per heavy atom. The maximum Gasteiger partial charge on any atom is 0.361 e. The topological polar surface area (TPSA) is 70.1 Å². The SMILES string of the molecule is CCOC(=O)c1nn(Cc2c(C)cc(C)cc2C)cc1N. The number of carbonyl (C=O) groups is 1. The first kappa shape index (κ1) is 15.1. The van der Waals surface area contributed by atoms with E-state index in [1.54, 1.807) is 17.8 Å². The van der Waals surface area contributed by atoms with E-state index in [1.807, 2.05) is 0 Å². The van der Waals surface area contributed by atoms with E-state index in [4.69, 9.17) is 10.5 Å². The van der Waals surface area contributed by atoms with Crippen LogP contribution in [0.3, 0.4) is 0 Å². The molecule has 5 nitrogen and oxygen atoms in total. The summed E-state index contributed by atoms with van der Waals surface area (Å²) in [4.78, 5) is 11.7. The molecule has 0 amide bonds. The van der Waals surface area contributed by atoms with Gasteiger partial charge in [-0.2, -0.15) is 5.10 Å². The Morgan fingerprint density at radius 3 is 2.48 bits per heavy atom. The van der Waals surface area contributed by atoms with Gasteiger partial charge in [0.05, 0.1) is 18.8 Å². The van der Waals surface area contributed by atoms with Gasteiger partial charge in [-0.15, -0.1) is 0 Å². The summed E-state index contributed by atoms with van der Waals surface area (Å²) in [6, 6.07) is 4.28. The van der Waals surface area contributed by atoms with Crippen molar-refractivity contribution in [1.29, 1.82) is 0 Å². The molecule has 2 N–H and O–H groups in total. The molecule has 0 saturated heterocycles. The lowest BCUT2D eigenvalue weighted by Crippen LogP contribution is -2.10. The number of nitrogens with zero attached hydrogens (tertiary/aromatic N) is 2. The van der Waals surface area contributed by atoms with E-state index >= 15 is 0 Å². The zero-order chi connectivity index (χ0) is 15.6. The van der Waals surface area contributed by atoms with Gasteiger partial charge >= 0.3 is 5.97 Å². The van der Waals surface area contributed by atoms with E-state index in [1.165, 1.54) is 22.3 Å². The van der Waals surface area contributed by atoms with Crippen LogP contribution in [0.4, 0.5) is 5.69 Å². The van der Waals surface area contributed by atoms with Gasteiger partial charge in [-0.25, -0.2) is 4.79 Å². The monoisotopic (exact) mass is 287 g/mol. The number of aromatic nitrogens is 2. The summed E-state index contributed by atoms with van der Waals surface area (Å²) < 4.78 is 6.63. The van der Waals surface area contributed by atoms with E-state index in [0.717, 1.165) is 0 Å². The number of esters is 1. The number of aryl methyl sites for hydroxylation is 3. The molecule has 0 atom stereocenters. The van der Waals surface area contributed by atoms with E-state index in [9.17, 15) is 4.79 Å². The summed E-state index contributed by atoms with van der Waals surface area (Å²) >= 11 is 0. The summed E-state index contributed by atoms with van der Waals surface area (Å²) in [5, 5.41) is 4.25. The zero-order valence-electron chi connectivity index (χ0n) is 12.9. The summed E-state index contributed by atoms with van der Waals surface area (Å²) in [5.41, 5.74) is 11.2. The molecular formula is C16H21N3O2. The predicted octanol–water partition coefficient (Wildman–Crippen LogP) is 2.62. The number of ether oxygens (including phenoxy) is 1. The second-order valence-electron chi connectivity index (χ2n) is 5.23. The maximum atomic E-state index is 11.7. The highest BCUT2D eigenvalue weighted by Crippen LogP contribution is 2.19. The van der Waals surface area contributed by atoms with E-state index in [2.05, 4.69) is 38.0 Å². The van der Waals surface area contributed by atoms with Gasteiger partial charge in [-0.3, -0.25) is 4.68 Å². The van der Waals surface area contributed by atoms with Crippen LogP contribution in [-0.4, -0.2) is 22.4 Å². The number of carbonyl (C=O) groups excluding carboxylic acids is 1. The summed E-state index contributed by atoms with van der Waals surface area (Å²) in [7, 11) is 0. The Labute approximate surface area is 124 Å². The van der Waals surface area contributed by atoms with Crippen molar-refractivity contribution >= 4 is 11.7 Å². The van der Waals surface area contributed by atoms with Crippen LogP contribution in [0, 0.1) is 20.8 Å². The van der Waals surface area contributed by atoms with Crippen molar-refractivity contribution < 1.29 is 9.53 Å². The molecule has 0 aliphatic rings. The fourth-order valence-electron chi connectivity index (χ4n) is 2.50. The van der Waals surface area contributed by atoms with Crippen molar-refractivity contribution in [1.82, 2.24) is 9.78 Å². The molecule has 1 aromatic heterocycles. The average molecular weight is 287 g/mol. The van der Waals surface area contributed by atoms with Gasteiger partial charge in [0.1, 0.15) is 0 Å². The number of hydrogen-bond donors (Lipinski definition) is 1. The molecule has 1 heterocycles. The van der Waals surface area contributed by atoms with Crippen LogP contribution in [0.5, 0.6) is 0 Å².